The second-order valence-corrected chi connectivity index (χ2v) is 9.97. The van der Waals surface area contributed by atoms with Crippen LogP contribution in [0.1, 0.15) is 44.6 Å². The van der Waals surface area contributed by atoms with Crippen LogP contribution in [0.25, 0.3) is 0 Å². The summed E-state index contributed by atoms with van der Waals surface area (Å²) in [7, 11) is 1.72. The van der Waals surface area contributed by atoms with Gasteiger partial charge >= 0.3 is 5.97 Å². The van der Waals surface area contributed by atoms with Gasteiger partial charge in [0.25, 0.3) is 0 Å². The third-order valence-electron chi connectivity index (χ3n) is 8.31. The molecule has 0 radical (unpaired) electrons. The minimum Gasteiger partial charge on any atom is -0.496 e. The number of carbonyl (C=O) groups is 1. The molecule has 2 saturated carbocycles. The van der Waals surface area contributed by atoms with Crippen molar-refractivity contribution < 1.29 is 24.3 Å². The molecule has 5 rings (SSSR count). The second-order valence-electron chi connectivity index (χ2n) is 9.97. The highest BCUT2D eigenvalue weighted by Gasteiger charge is 2.65. The molecule has 2 saturated heterocycles. The van der Waals surface area contributed by atoms with Crippen molar-refractivity contribution >= 4 is 5.97 Å². The third-order valence-corrected chi connectivity index (χ3v) is 8.31. The first-order valence-electron chi connectivity index (χ1n) is 11.3. The summed E-state index contributed by atoms with van der Waals surface area (Å²) in [6, 6.07) is 8.18. The molecule has 1 aromatic rings. The number of ether oxygens (including phenoxy) is 3. The number of para-hydroxylation sites is 1. The molecule has 2 N–H and O–H groups in total. The van der Waals surface area contributed by atoms with Crippen LogP contribution in [0.4, 0.5) is 0 Å². The maximum atomic E-state index is 12.7. The van der Waals surface area contributed by atoms with Crippen LogP contribution in [0.2, 0.25) is 0 Å². The number of nitrogens with two attached hydrogens (primary N) is 1. The lowest BCUT2D eigenvalue weighted by Crippen LogP contribution is -2.86. The lowest BCUT2D eigenvalue weighted by atomic mass is 9.53. The van der Waals surface area contributed by atoms with Gasteiger partial charge < -0.3 is 19.5 Å². The first-order chi connectivity index (χ1) is 14.0. The lowest BCUT2D eigenvalue weighted by molar-refractivity contribution is -0.658. The summed E-state index contributed by atoms with van der Waals surface area (Å²) in [6.45, 7) is 5.12. The number of rotatable bonds is 6. The molecule has 4 aliphatic rings. The van der Waals surface area contributed by atoms with Crippen LogP contribution in [-0.2, 0) is 20.7 Å². The average Bonchev–Trinajstić information content (AvgIpc) is 3.41. The van der Waals surface area contributed by atoms with Crippen molar-refractivity contribution in [1.29, 1.82) is 0 Å². The Labute approximate surface area is 173 Å². The van der Waals surface area contributed by atoms with E-state index in [2.05, 4.69) is 24.4 Å². The minimum absolute atomic E-state index is 0.0277. The van der Waals surface area contributed by atoms with E-state index in [0.29, 0.717) is 11.8 Å². The highest BCUT2D eigenvalue weighted by atomic mass is 16.6. The summed E-state index contributed by atoms with van der Waals surface area (Å²) >= 11 is 0. The Balaban J connectivity index is 1.21. The standard InChI is InChI=1S/C24H33NO4/c1-23-9-5-10-24(15-28-24)21(23)12-17-18(22(26)29-20(17)13-23)14-25-11-8-16-6-3-4-7-19(16)27-2/h3-4,6-7,17-18,20-21,25H,5,8-15H2,1-2H3/p+1/t17-,18-,20-,21-,23-,24+/m1/s1. The molecule has 0 bridgehead atoms. The third kappa shape index (κ3) is 3.36. The van der Waals surface area contributed by atoms with Crippen LogP contribution in [0, 0.1) is 23.2 Å². The van der Waals surface area contributed by atoms with Crippen molar-refractivity contribution in [2.24, 2.45) is 23.2 Å². The van der Waals surface area contributed by atoms with Crippen LogP contribution < -0.4 is 10.1 Å². The number of quaternary nitrogens is 1. The van der Waals surface area contributed by atoms with E-state index >= 15 is 0 Å². The Morgan fingerprint density at radius 1 is 1.28 bits per heavy atom. The molecule has 158 valence electrons. The Hall–Kier alpha value is -1.59. The van der Waals surface area contributed by atoms with Crippen LogP contribution in [0.3, 0.4) is 0 Å². The van der Waals surface area contributed by atoms with Gasteiger partial charge in [0.2, 0.25) is 0 Å². The van der Waals surface area contributed by atoms with Gasteiger partial charge in [-0.1, -0.05) is 25.1 Å². The fourth-order valence-corrected chi connectivity index (χ4v) is 6.69. The quantitative estimate of drug-likeness (QED) is 0.452. The van der Waals surface area contributed by atoms with Gasteiger partial charge in [-0.25, -0.2) is 0 Å². The van der Waals surface area contributed by atoms with Gasteiger partial charge in [-0.05, 0) is 55.1 Å². The van der Waals surface area contributed by atoms with Gasteiger partial charge in [-0.2, -0.15) is 0 Å². The maximum absolute atomic E-state index is 12.7. The van der Waals surface area contributed by atoms with Crippen LogP contribution in [0.15, 0.2) is 24.3 Å². The molecule has 1 spiro atoms. The monoisotopic (exact) mass is 400 g/mol. The Kier molecular flexibility index (Phi) is 4.86. The van der Waals surface area contributed by atoms with Crippen molar-refractivity contribution in [3.05, 3.63) is 29.8 Å². The molecule has 2 aliphatic heterocycles. The topological polar surface area (TPSA) is 64.7 Å². The number of hydrogen-bond acceptors (Lipinski definition) is 4. The zero-order valence-electron chi connectivity index (χ0n) is 17.7. The zero-order chi connectivity index (χ0) is 20.1. The second kappa shape index (κ2) is 7.28. The molecule has 6 atom stereocenters. The Morgan fingerprint density at radius 2 is 2.10 bits per heavy atom. The van der Waals surface area contributed by atoms with E-state index in [1.165, 1.54) is 24.8 Å². The zero-order valence-corrected chi connectivity index (χ0v) is 17.7. The normalized spacial score (nSPS) is 40.3. The summed E-state index contributed by atoms with van der Waals surface area (Å²) in [6.07, 6.45) is 6.88. The smallest absolute Gasteiger partial charge is 0.315 e. The van der Waals surface area contributed by atoms with Gasteiger partial charge in [0.1, 0.15) is 17.8 Å². The summed E-state index contributed by atoms with van der Waals surface area (Å²) in [5.74, 6) is 1.96. The maximum Gasteiger partial charge on any atom is 0.315 e. The molecule has 2 aliphatic carbocycles. The van der Waals surface area contributed by atoms with Gasteiger partial charge in [0.15, 0.2) is 0 Å². The molecule has 4 fully saturated rings. The van der Waals surface area contributed by atoms with Gasteiger partial charge in [0, 0.05) is 12.3 Å². The summed E-state index contributed by atoms with van der Waals surface area (Å²) in [4.78, 5) is 12.7. The summed E-state index contributed by atoms with van der Waals surface area (Å²) in [5.41, 5.74) is 1.63. The average molecular weight is 401 g/mol. The SMILES string of the molecule is COc1ccccc1CC[NH2+]C[C@H]1C(=O)O[C@@H]2C[C@@]3(C)CCC[C@]4(CO4)[C@@H]3C[C@@H]21. The summed E-state index contributed by atoms with van der Waals surface area (Å²) in [5, 5.41) is 2.29. The number of benzene rings is 1. The van der Waals surface area contributed by atoms with E-state index in [9.17, 15) is 4.79 Å². The highest BCUT2D eigenvalue weighted by molar-refractivity contribution is 5.75. The van der Waals surface area contributed by atoms with Crippen molar-refractivity contribution in [2.75, 3.05) is 26.8 Å². The first kappa shape index (κ1) is 19.4. The number of methoxy groups -OCH3 is 1. The van der Waals surface area contributed by atoms with Crippen molar-refractivity contribution in [3.63, 3.8) is 0 Å². The molecule has 0 unspecified atom stereocenters. The van der Waals surface area contributed by atoms with Crippen LogP contribution in [-0.4, -0.2) is 44.5 Å². The molecular weight excluding hydrogens is 366 g/mol. The molecule has 5 heteroatoms. The molecule has 5 nitrogen and oxygen atoms in total. The Morgan fingerprint density at radius 3 is 2.90 bits per heavy atom. The lowest BCUT2D eigenvalue weighted by Gasteiger charge is -2.51. The molecule has 0 aromatic heterocycles. The number of esters is 1. The van der Waals surface area contributed by atoms with E-state index < -0.39 is 0 Å². The van der Waals surface area contributed by atoms with Crippen molar-refractivity contribution in [2.45, 2.75) is 57.2 Å². The van der Waals surface area contributed by atoms with Crippen molar-refractivity contribution in [3.8, 4) is 5.75 Å². The van der Waals surface area contributed by atoms with E-state index in [-0.39, 0.29) is 29.0 Å². The number of fused-ring (bicyclic) bond motifs is 3. The van der Waals surface area contributed by atoms with E-state index in [4.69, 9.17) is 14.2 Å². The van der Waals surface area contributed by atoms with Crippen molar-refractivity contribution in [1.82, 2.24) is 0 Å². The first-order valence-corrected chi connectivity index (χ1v) is 11.3. The molecular formula is C24H34NO4+. The van der Waals surface area contributed by atoms with E-state index in [1.807, 2.05) is 12.1 Å². The van der Waals surface area contributed by atoms with Gasteiger partial charge in [-0.15, -0.1) is 0 Å². The predicted octanol–water partition coefficient (Wildman–Crippen LogP) is 2.33. The number of hydrogen-bond donors (Lipinski definition) is 1. The largest absolute Gasteiger partial charge is 0.496 e. The minimum atomic E-state index is 0.0277. The van der Waals surface area contributed by atoms with E-state index in [1.54, 1.807) is 7.11 Å². The van der Waals surface area contributed by atoms with E-state index in [0.717, 1.165) is 44.7 Å². The fourth-order valence-electron chi connectivity index (χ4n) is 6.69. The highest BCUT2D eigenvalue weighted by Crippen LogP contribution is 2.62. The number of carbonyl (C=O) groups excluding carboxylic acids is 1. The molecule has 2 heterocycles. The molecule has 1 aromatic carbocycles. The summed E-state index contributed by atoms with van der Waals surface area (Å²) < 4.78 is 17.4. The molecule has 0 amide bonds. The van der Waals surface area contributed by atoms with Crippen LogP contribution in [0.5, 0.6) is 5.75 Å². The predicted molar refractivity (Wildman–Crippen MR) is 109 cm³/mol. The van der Waals surface area contributed by atoms with Crippen LogP contribution >= 0.6 is 0 Å². The fraction of sp³-hybridized carbons (Fsp3) is 0.708. The Bertz CT molecular complexity index is 776. The van der Waals surface area contributed by atoms with Gasteiger partial charge in [-0.3, -0.25) is 4.79 Å². The molecule has 29 heavy (non-hydrogen) atoms. The number of epoxide rings is 1. The van der Waals surface area contributed by atoms with Gasteiger partial charge in [0.05, 0.1) is 32.4 Å².